The molecule has 8 nitrogen and oxygen atoms in total. The van der Waals surface area contributed by atoms with Gasteiger partial charge in [0, 0.05) is 6.07 Å². The Hall–Kier alpha value is -1.97. The van der Waals surface area contributed by atoms with Crippen LogP contribution in [0.3, 0.4) is 0 Å². The van der Waals surface area contributed by atoms with E-state index in [0.29, 0.717) is 4.47 Å². The van der Waals surface area contributed by atoms with Crippen LogP contribution in [0.2, 0.25) is 5.02 Å². The Morgan fingerprint density at radius 2 is 2.25 bits per heavy atom. The number of aromatic nitrogens is 2. The second-order valence-corrected chi connectivity index (χ2v) is 4.73. The molecule has 0 unspecified atom stereocenters. The van der Waals surface area contributed by atoms with Crippen LogP contribution in [0.1, 0.15) is 0 Å². The summed E-state index contributed by atoms with van der Waals surface area (Å²) in [6.45, 7) is 0. The van der Waals surface area contributed by atoms with Crippen molar-refractivity contribution in [2.45, 2.75) is 0 Å². The number of hydrogen-bond acceptors (Lipinski definition) is 7. The lowest BCUT2D eigenvalue weighted by Gasteiger charge is -2.09. The summed E-state index contributed by atoms with van der Waals surface area (Å²) in [4.78, 5) is 18.0. The molecule has 0 aliphatic heterocycles. The summed E-state index contributed by atoms with van der Waals surface area (Å²) in [6, 6.07) is 3.84. The average molecular weight is 361 g/mol. The molecule has 20 heavy (non-hydrogen) atoms. The summed E-state index contributed by atoms with van der Waals surface area (Å²) in [6.07, 6.45) is 1.42. The highest BCUT2D eigenvalue weighted by atomic mass is 79.9. The van der Waals surface area contributed by atoms with Gasteiger partial charge >= 0.3 is 0 Å². The van der Waals surface area contributed by atoms with Crippen LogP contribution in [0, 0.1) is 10.1 Å². The van der Waals surface area contributed by atoms with Gasteiger partial charge in [-0.3, -0.25) is 15.5 Å². The molecule has 0 spiro atoms. The molecule has 3 N–H and O–H groups in total. The van der Waals surface area contributed by atoms with Gasteiger partial charge in [0.15, 0.2) is 5.75 Å². The molecule has 104 valence electrons. The van der Waals surface area contributed by atoms with Crippen molar-refractivity contribution in [3.8, 4) is 11.6 Å². The number of nitro benzene ring substituents is 1. The fraction of sp³-hybridized carbons (Fsp3) is 0. The van der Waals surface area contributed by atoms with E-state index in [-0.39, 0.29) is 28.3 Å². The quantitative estimate of drug-likeness (QED) is 0.489. The predicted molar refractivity (Wildman–Crippen MR) is 75.7 cm³/mol. The van der Waals surface area contributed by atoms with E-state index in [9.17, 15) is 10.1 Å². The third kappa shape index (κ3) is 3.13. The number of non-ortho nitro benzene ring substituents is 1. The number of nitro groups is 1. The highest BCUT2D eigenvalue weighted by Gasteiger charge is 2.14. The Balaban J connectivity index is 2.38. The Kier molecular flexibility index (Phi) is 4.32. The highest BCUT2D eigenvalue weighted by molar-refractivity contribution is 9.10. The second kappa shape index (κ2) is 5.99. The molecular weight excluding hydrogens is 353 g/mol. The molecule has 2 aromatic rings. The third-order valence-electron chi connectivity index (χ3n) is 2.17. The summed E-state index contributed by atoms with van der Waals surface area (Å²) in [7, 11) is 0. The van der Waals surface area contributed by atoms with Crippen molar-refractivity contribution in [1.82, 2.24) is 9.97 Å². The fourth-order valence-electron chi connectivity index (χ4n) is 1.28. The molecule has 2 rings (SSSR count). The van der Waals surface area contributed by atoms with Gasteiger partial charge in [-0.2, -0.15) is 4.98 Å². The fourth-order valence-corrected chi connectivity index (χ4v) is 1.71. The molecule has 0 atom stereocenters. The van der Waals surface area contributed by atoms with Crippen molar-refractivity contribution in [3.05, 3.63) is 44.0 Å². The van der Waals surface area contributed by atoms with Gasteiger partial charge < -0.3 is 4.74 Å². The van der Waals surface area contributed by atoms with Crippen molar-refractivity contribution in [3.63, 3.8) is 0 Å². The molecule has 0 saturated heterocycles. The van der Waals surface area contributed by atoms with Crippen LogP contribution in [0.5, 0.6) is 11.6 Å². The van der Waals surface area contributed by atoms with Gasteiger partial charge in [-0.15, -0.1) is 0 Å². The largest absolute Gasteiger partial charge is 0.436 e. The third-order valence-corrected chi connectivity index (χ3v) is 3.03. The molecule has 1 heterocycles. The smallest absolute Gasteiger partial charge is 0.273 e. The highest BCUT2D eigenvalue weighted by Crippen LogP contribution is 2.34. The Labute approximate surface area is 126 Å². The molecule has 1 aromatic carbocycles. The Morgan fingerprint density at radius 3 is 2.90 bits per heavy atom. The van der Waals surface area contributed by atoms with Crippen LogP contribution in [-0.2, 0) is 0 Å². The minimum Gasteiger partial charge on any atom is -0.436 e. The van der Waals surface area contributed by atoms with E-state index in [1.165, 1.54) is 24.4 Å². The van der Waals surface area contributed by atoms with Gasteiger partial charge in [0.05, 0.1) is 26.7 Å². The van der Waals surface area contributed by atoms with E-state index in [4.69, 9.17) is 22.2 Å². The van der Waals surface area contributed by atoms with Crippen molar-refractivity contribution in [2.24, 2.45) is 5.84 Å². The number of benzene rings is 1. The van der Waals surface area contributed by atoms with Crippen LogP contribution >= 0.6 is 27.5 Å². The van der Waals surface area contributed by atoms with E-state index >= 15 is 0 Å². The van der Waals surface area contributed by atoms with E-state index in [2.05, 4.69) is 31.3 Å². The van der Waals surface area contributed by atoms with Crippen LogP contribution in [0.4, 0.5) is 11.6 Å². The second-order valence-electron chi connectivity index (χ2n) is 3.46. The zero-order valence-electron chi connectivity index (χ0n) is 9.71. The number of nitrogens with two attached hydrogens (primary N) is 1. The van der Waals surface area contributed by atoms with Gasteiger partial charge in [-0.1, -0.05) is 11.6 Å². The summed E-state index contributed by atoms with van der Waals surface area (Å²) in [5.41, 5.74) is 2.11. The van der Waals surface area contributed by atoms with Crippen molar-refractivity contribution >= 4 is 39.2 Å². The molecule has 0 aliphatic carbocycles. The molecule has 0 fully saturated rings. The first-order chi connectivity index (χ1) is 9.51. The minimum atomic E-state index is -0.551. The maximum absolute atomic E-state index is 10.7. The number of halogens is 2. The first-order valence-electron chi connectivity index (χ1n) is 5.12. The molecule has 10 heteroatoms. The topological polar surface area (TPSA) is 116 Å². The Morgan fingerprint density at radius 1 is 1.50 bits per heavy atom. The summed E-state index contributed by atoms with van der Waals surface area (Å²) >= 11 is 9.12. The standard InChI is InChI=1S/C10H7BrClN5O3/c11-6-4-14-10(16-13)15-9(6)20-8-3-5(17(18)19)1-2-7(8)12/h1-4H,13H2,(H,14,15,16). The molecule has 1 aromatic heterocycles. The molecule has 0 bridgehead atoms. The minimum absolute atomic E-state index is 0.100. The van der Waals surface area contributed by atoms with Crippen molar-refractivity contribution < 1.29 is 9.66 Å². The van der Waals surface area contributed by atoms with E-state index in [1.807, 2.05) is 0 Å². The number of rotatable bonds is 4. The molecule has 0 amide bonds. The number of anilines is 1. The lowest BCUT2D eigenvalue weighted by molar-refractivity contribution is -0.384. The van der Waals surface area contributed by atoms with Gasteiger partial charge in [0.1, 0.15) is 0 Å². The first-order valence-corrected chi connectivity index (χ1v) is 6.29. The summed E-state index contributed by atoms with van der Waals surface area (Å²) < 4.78 is 5.89. The number of hydrogen-bond donors (Lipinski definition) is 2. The first kappa shape index (κ1) is 14.4. The van der Waals surface area contributed by atoms with Crippen LogP contribution in [-0.4, -0.2) is 14.9 Å². The van der Waals surface area contributed by atoms with E-state index in [1.54, 1.807) is 0 Å². The van der Waals surface area contributed by atoms with E-state index < -0.39 is 4.92 Å². The summed E-state index contributed by atoms with van der Waals surface area (Å²) in [5.74, 6) is 5.54. The van der Waals surface area contributed by atoms with Crippen LogP contribution in [0.15, 0.2) is 28.9 Å². The van der Waals surface area contributed by atoms with Gasteiger partial charge in [-0.25, -0.2) is 10.8 Å². The van der Waals surface area contributed by atoms with Crippen LogP contribution in [0.25, 0.3) is 0 Å². The molecular formula is C10H7BrClN5O3. The lowest BCUT2D eigenvalue weighted by atomic mass is 10.3. The monoisotopic (exact) mass is 359 g/mol. The number of ether oxygens (including phenoxy) is 1. The zero-order valence-corrected chi connectivity index (χ0v) is 12.1. The maximum Gasteiger partial charge on any atom is 0.273 e. The number of nitrogens with zero attached hydrogens (tertiary/aromatic N) is 3. The maximum atomic E-state index is 10.7. The van der Waals surface area contributed by atoms with Crippen LogP contribution < -0.4 is 16.0 Å². The molecule has 0 radical (unpaired) electrons. The van der Waals surface area contributed by atoms with E-state index in [0.717, 1.165) is 0 Å². The number of nitrogen functional groups attached to an aromatic ring is 1. The van der Waals surface area contributed by atoms with Gasteiger partial charge in [0.25, 0.3) is 5.69 Å². The SMILES string of the molecule is NNc1ncc(Br)c(Oc2cc([N+](=O)[O-])ccc2Cl)n1. The summed E-state index contributed by atoms with van der Waals surface area (Å²) in [5, 5.41) is 10.9. The number of nitrogens with one attached hydrogen (secondary N) is 1. The Bertz CT molecular complexity index is 669. The molecule has 0 saturated carbocycles. The number of hydrazine groups is 1. The zero-order chi connectivity index (χ0) is 14.7. The predicted octanol–water partition coefficient (Wildman–Crippen LogP) is 2.88. The van der Waals surface area contributed by atoms with Crippen molar-refractivity contribution in [2.75, 3.05) is 5.43 Å². The normalized spacial score (nSPS) is 10.2. The van der Waals surface area contributed by atoms with Crippen molar-refractivity contribution in [1.29, 1.82) is 0 Å². The lowest BCUT2D eigenvalue weighted by Crippen LogP contribution is -2.10. The molecule has 0 aliphatic rings. The average Bonchev–Trinajstić information content (AvgIpc) is 2.43. The van der Waals surface area contributed by atoms with Gasteiger partial charge in [-0.05, 0) is 22.0 Å². The van der Waals surface area contributed by atoms with Gasteiger partial charge in [0.2, 0.25) is 11.8 Å².